The molecule has 2 aromatic rings. The van der Waals surface area contributed by atoms with Crippen LogP contribution < -0.4 is 5.32 Å². The van der Waals surface area contributed by atoms with Crippen LogP contribution in [-0.4, -0.2) is 35.4 Å². The van der Waals surface area contributed by atoms with Crippen LogP contribution in [0.4, 0.5) is 0 Å². The molecule has 0 bridgehead atoms. The van der Waals surface area contributed by atoms with Crippen LogP contribution in [0.3, 0.4) is 0 Å². The van der Waals surface area contributed by atoms with Crippen molar-refractivity contribution in [3.63, 3.8) is 0 Å². The number of nitrogens with one attached hydrogen (secondary N) is 1. The van der Waals surface area contributed by atoms with Gasteiger partial charge in [0.2, 0.25) is 0 Å². The maximum Gasteiger partial charge on any atom is 0.273 e. The van der Waals surface area contributed by atoms with E-state index in [9.17, 15) is 4.79 Å². The van der Waals surface area contributed by atoms with Crippen LogP contribution in [0.25, 0.3) is 0 Å². The number of nitrogens with zero attached hydrogens (tertiary/aromatic N) is 2. The zero-order valence-electron chi connectivity index (χ0n) is 14.7. The molecule has 0 spiro atoms. The number of carbonyl (C=O) groups is 1. The molecule has 1 aliphatic rings. The van der Waals surface area contributed by atoms with Gasteiger partial charge in [-0.15, -0.1) is 0 Å². The second kappa shape index (κ2) is 8.02. The molecule has 1 aromatic carbocycles. The highest BCUT2D eigenvalue weighted by Crippen LogP contribution is 2.26. The summed E-state index contributed by atoms with van der Waals surface area (Å²) < 4.78 is 5.35. The number of oxazole rings is 1. The van der Waals surface area contributed by atoms with Gasteiger partial charge < -0.3 is 9.73 Å². The van der Waals surface area contributed by atoms with Gasteiger partial charge in [-0.25, -0.2) is 4.98 Å². The van der Waals surface area contributed by atoms with Gasteiger partial charge >= 0.3 is 0 Å². The summed E-state index contributed by atoms with van der Waals surface area (Å²) in [6.45, 7) is 6.59. The number of rotatable bonds is 6. The van der Waals surface area contributed by atoms with Crippen molar-refractivity contribution in [2.75, 3.05) is 19.6 Å². The van der Waals surface area contributed by atoms with Gasteiger partial charge in [0, 0.05) is 17.5 Å². The second-order valence-electron chi connectivity index (χ2n) is 6.74. The Labute approximate surface area is 153 Å². The fourth-order valence-corrected chi connectivity index (χ4v) is 3.43. The molecule has 1 aromatic heterocycles. The Morgan fingerprint density at radius 3 is 2.60 bits per heavy atom. The topological polar surface area (TPSA) is 58.4 Å². The Morgan fingerprint density at radius 1 is 1.28 bits per heavy atom. The van der Waals surface area contributed by atoms with E-state index >= 15 is 0 Å². The van der Waals surface area contributed by atoms with Gasteiger partial charge in [0.1, 0.15) is 5.76 Å². The first kappa shape index (κ1) is 18.0. The van der Waals surface area contributed by atoms with Gasteiger partial charge in [0.15, 0.2) is 12.1 Å². The lowest BCUT2D eigenvalue weighted by Crippen LogP contribution is -2.37. The minimum atomic E-state index is -0.185. The van der Waals surface area contributed by atoms with Crippen molar-refractivity contribution in [2.45, 2.75) is 38.6 Å². The van der Waals surface area contributed by atoms with E-state index in [0.29, 0.717) is 18.0 Å². The average Bonchev–Trinajstić information content (AvgIpc) is 3.28. The highest BCUT2D eigenvalue weighted by atomic mass is 35.5. The van der Waals surface area contributed by atoms with Gasteiger partial charge in [-0.05, 0) is 43.6 Å². The fourth-order valence-electron chi connectivity index (χ4n) is 3.30. The standard InChI is InChI=1S/C19H24ClN3O2/c1-13(2)18-17(22-12-25-18)19(24)21-11-16(23-9-3-4-10-23)14-5-7-15(20)8-6-14/h5-8,12-13,16H,3-4,9-11H2,1-2H3,(H,21,24)/t16-/m0/s1. The number of amides is 1. The predicted octanol–water partition coefficient (Wildman–Crippen LogP) is 4.02. The lowest BCUT2D eigenvalue weighted by molar-refractivity contribution is 0.0931. The monoisotopic (exact) mass is 361 g/mol. The first-order valence-electron chi connectivity index (χ1n) is 8.77. The molecule has 0 radical (unpaired) electrons. The van der Waals surface area contributed by atoms with E-state index in [2.05, 4.69) is 15.2 Å². The van der Waals surface area contributed by atoms with E-state index in [1.165, 1.54) is 19.2 Å². The zero-order chi connectivity index (χ0) is 17.8. The summed E-state index contributed by atoms with van der Waals surface area (Å²) >= 11 is 6.02. The summed E-state index contributed by atoms with van der Waals surface area (Å²) in [5.41, 5.74) is 1.54. The van der Waals surface area contributed by atoms with Crippen molar-refractivity contribution >= 4 is 17.5 Å². The van der Waals surface area contributed by atoms with Gasteiger partial charge in [0.05, 0.1) is 6.04 Å². The molecule has 0 saturated carbocycles. The number of likely N-dealkylation sites (tertiary alicyclic amines) is 1. The third-order valence-corrected chi connectivity index (χ3v) is 4.88. The maximum absolute atomic E-state index is 12.6. The summed E-state index contributed by atoms with van der Waals surface area (Å²) in [5.74, 6) is 0.561. The summed E-state index contributed by atoms with van der Waals surface area (Å²) in [4.78, 5) is 19.1. The summed E-state index contributed by atoms with van der Waals surface area (Å²) in [6, 6.07) is 8.01. The van der Waals surface area contributed by atoms with Crippen molar-refractivity contribution < 1.29 is 9.21 Å². The Morgan fingerprint density at radius 2 is 1.96 bits per heavy atom. The van der Waals surface area contributed by atoms with Crippen molar-refractivity contribution in [1.29, 1.82) is 0 Å². The Bertz CT molecular complexity index is 706. The maximum atomic E-state index is 12.6. The molecule has 6 heteroatoms. The lowest BCUT2D eigenvalue weighted by Gasteiger charge is -2.28. The smallest absolute Gasteiger partial charge is 0.273 e. The molecule has 1 atom stereocenters. The predicted molar refractivity (Wildman–Crippen MR) is 97.9 cm³/mol. The molecule has 2 heterocycles. The van der Waals surface area contributed by atoms with E-state index in [-0.39, 0.29) is 17.9 Å². The number of hydrogen-bond donors (Lipinski definition) is 1. The average molecular weight is 362 g/mol. The molecule has 0 aliphatic carbocycles. The molecule has 1 aliphatic heterocycles. The number of carbonyl (C=O) groups excluding carboxylic acids is 1. The molecule has 1 N–H and O–H groups in total. The van der Waals surface area contributed by atoms with Crippen LogP contribution in [-0.2, 0) is 0 Å². The Balaban J connectivity index is 1.73. The van der Waals surface area contributed by atoms with E-state index in [0.717, 1.165) is 23.7 Å². The first-order chi connectivity index (χ1) is 12.1. The van der Waals surface area contributed by atoms with Crippen molar-refractivity contribution in [1.82, 2.24) is 15.2 Å². The molecule has 1 fully saturated rings. The highest BCUT2D eigenvalue weighted by Gasteiger charge is 2.25. The van der Waals surface area contributed by atoms with Crippen LogP contribution in [0.15, 0.2) is 35.1 Å². The van der Waals surface area contributed by atoms with Gasteiger partial charge in [-0.3, -0.25) is 9.69 Å². The summed E-state index contributed by atoms with van der Waals surface area (Å²) in [6.07, 6.45) is 3.72. The summed E-state index contributed by atoms with van der Waals surface area (Å²) in [5, 5.41) is 3.75. The molecule has 134 valence electrons. The molecule has 5 nitrogen and oxygen atoms in total. The van der Waals surface area contributed by atoms with Crippen molar-refractivity contribution in [2.24, 2.45) is 0 Å². The van der Waals surface area contributed by atoms with Crippen LogP contribution in [0, 0.1) is 0 Å². The molecule has 1 amide bonds. The van der Waals surface area contributed by atoms with E-state index in [4.69, 9.17) is 16.0 Å². The molecular weight excluding hydrogens is 338 g/mol. The van der Waals surface area contributed by atoms with Gasteiger partial charge in [-0.1, -0.05) is 37.6 Å². The van der Waals surface area contributed by atoms with Crippen LogP contribution >= 0.6 is 11.6 Å². The third-order valence-electron chi connectivity index (χ3n) is 4.63. The molecule has 25 heavy (non-hydrogen) atoms. The molecule has 3 rings (SSSR count). The molecule has 0 unspecified atom stereocenters. The van der Waals surface area contributed by atoms with Crippen molar-refractivity contribution in [3.8, 4) is 0 Å². The van der Waals surface area contributed by atoms with Gasteiger partial charge in [0.25, 0.3) is 5.91 Å². The van der Waals surface area contributed by atoms with Crippen molar-refractivity contribution in [3.05, 3.63) is 52.7 Å². The number of aromatic nitrogens is 1. The number of hydrogen-bond acceptors (Lipinski definition) is 4. The van der Waals surface area contributed by atoms with Gasteiger partial charge in [-0.2, -0.15) is 0 Å². The largest absolute Gasteiger partial charge is 0.447 e. The SMILES string of the molecule is CC(C)c1ocnc1C(=O)NC[C@@H](c1ccc(Cl)cc1)N1CCCC1. The molecule has 1 saturated heterocycles. The van der Waals surface area contributed by atoms with Crippen LogP contribution in [0.1, 0.15) is 60.5 Å². The highest BCUT2D eigenvalue weighted by molar-refractivity contribution is 6.30. The third kappa shape index (κ3) is 4.22. The number of halogens is 1. The molecular formula is C19H24ClN3O2. The summed E-state index contributed by atoms with van der Waals surface area (Å²) in [7, 11) is 0. The lowest BCUT2D eigenvalue weighted by atomic mass is 10.1. The quantitative estimate of drug-likeness (QED) is 0.844. The normalized spacial score (nSPS) is 16.3. The van der Waals surface area contributed by atoms with E-state index < -0.39 is 0 Å². The minimum absolute atomic E-state index is 0.119. The van der Waals surface area contributed by atoms with E-state index in [1.807, 2.05) is 38.1 Å². The Kier molecular flexibility index (Phi) is 5.76. The second-order valence-corrected chi connectivity index (χ2v) is 7.18. The van der Waals surface area contributed by atoms with Crippen LogP contribution in [0.2, 0.25) is 5.02 Å². The fraction of sp³-hybridized carbons (Fsp3) is 0.474. The first-order valence-corrected chi connectivity index (χ1v) is 9.15. The Hall–Kier alpha value is -1.85. The minimum Gasteiger partial charge on any atom is -0.447 e. The zero-order valence-corrected chi connectivity index (χ0v) is 15.4. The van der Waals surface area contributed by atoms with E-state index in [1.54, 1.807) is 0 Å². The number of benzene rings is 1. The van der Waals surface area contributed by atoms with Crippen LogP contribution in [0.5, 0.6) is 0 Å².